The van der Waals surface area contributed by atoms with Crippen molar-refractivity contribution in [2.45, 2.75) is 43.5 Å². The second kappa shape index (κ2) is 6.53. The summed E-state index contributed by atoms with van der Waals surface area (Å²) in [5.74, 6) is -0.524. The third-order valence-corrected chi connectivity index (χ3v) is 4.74. The summed E-state index contributed by atoms with van der Waals surface area (Å²) in [6, 6.07) is 3.42. The molecule has 0 saturated heterocycles. The van der Waals surface area contributed by atoms with Crippen LogP contribution in [0, 0.1) is 11.6 Å². The lowest BCUT2D eigenvalue weighted by atomic mass is 10.1. The molecule has 1 fully saturated rings. The first kappa shape index (κ1) is 13.8. The monoisotopic (exact) mass is 272 g/mol. The summed E-state index contributed by atoms with van der Waals surface area (Å²) in [7, 11) is 0. The van der Waals surface area contributed by atoms with Crippen molar-refractivity contribution >= 4 is 11.8 Å². The van der Waals surface area contributed by atoms with Gasteiger partial charge in [0.05, 0.1) is 6.10 Å². The largest absolute Gasteiger partial charge is 0.392 e. The Morgan fingerprint density at radius 2 is 1.78 bits per heavy atom. The zero-order chi connectivity index (χ0) is 13.0. The van der Waals surface area contributed by atoms with E-state index in [0.29, 0.717) is 23.0 Å². The number of aliphatic hydroxyl groups excluding tert-OH is 1. The highest BCUT2D eigenvalue weighted by Crippen LogP contribution is 2.30. The van der Waals surface area contributed by atoms with Gasteiger partial charge < -0.3 is 5.11 Å². The number of rotatable bonds is 5. The Balaban J connectivity index is 1.80. The van der Waals surface area contributed by atoms with E-state index in [-0.39, 0.29) is 0 Å². The SMILES string of the molecule is OC(CSC1CCCC1)Cc1cc(F)cc(F)c1. The third-order valence-electron chi connectivity index (χ3n) is 3.22. The van der Waals surface area contributed by atoms with Gasteiger partial charge in [-0.2, -0.15) is 11.8 Å². The molecule has 0 radical (unpaired) electrons. The molecule has 1 N–H and O–H groups in total. The van der Waals surface area contributed by atoms with Crippen LogP contribution in [0.4, 0.5) is 8.78 Å². The van der Waals surface area contributed by atoms with Gasteiger partial charge in [0.25, 0.3) is 0 Å². The summed E-state index contributed by atoms with van der Waals surface area (Å²) in [5, 5.41) is 10.5. The van der Waals surface area contributed by atoms with Gasteiger partial charge in [-0.05, 0) is 37.0 Å². The Hall–Kier alpha value is -0.610. The van der Waals surface area contributed by atoms with Crippen LogP contribution in [0.5, 0.6) is 0 Å². The first-order valence-electron chi connectivity index (χ1n) is 6.38. The Kier molecular flexibility index (Phi) is 5.01. The quantitative estimate of drug-likeness (QED) is 0.884. The van der Waals surface area contributed by atoms with Crippen LogP contribution in [0.25, 0.3) is 0 Å². The molecule has 1 aliphatic rings. The number of halogens is 2. The zero-order valence-corrected chi connectivity index (χ0v) is 11.1. The Labute approximate surface area is 111 Å². The molecule has 1 saturated carbocycles. The Bertz CT molecular complexity index is 371. The normalized spacial score (nSPS) is 18.2. The van der Waals surface area contributed by atoms with E-state index in [0.717, 1.165) is 6.07 Å². The van der Waals surface area contributed by atoms with E-state index < -0.39 is 17.7 Å². The van der Waals surface area contributed by atoms with Gasteiger partial charge in [0, 0.05) is 17.1 Å². The van der Waals surface area contributed by atoms with Crippen molar-refractivity contribution in [2.24, 2.45) is 0 Å². The molecule has 1 unspecified atom stereocenters. The van der Waals surface area contributed by atoms with Crippen LogP contribution in [-0.2, 0) is 6.42 Å². The molecule has 1 aromatic rings. The molecule has 0 amide bonds. The molecule has 2 rings (SSSR count). The van der Waals surface area contributed by atoms with E-state index in [1.165, 1.54) is 37.8 Å². The van der Waals surface area contributed by atoms with Crippen LogP contribution in [-0.4, -0.2) is 22.2 Å². The lowest BCUT2D eigenvalue weighted by Gasteiger charge is -2.14. The summed E-state index contributed by atoms with van der Waals surface area (Å²) in [4.78, 5) is 0. The number of benzene rings is 1. The number of hydrogen-bond acceptors (Lipinski definition) is 2. The fourth-order valence-electron chi connectivity index (χ4n) is 2.36. The minimum Gasteiger partial charge on any atom is -0.392 e. The molecule has 0 heterocycles. The van der Waals surface area contributed by atoms with Crippen molar-refractivity contribution < 1.29 is 13.9 Å². The average Bonchev–Trinajstić information content (AvgIpc) is 2.77. The molecular weight excluding hydrogens is 254 g/mol. The molecule has 0 spiro atoms. The minimum absolute atomic E-state index is 0.314. The molecule has 1 aromatic carbocycles. The predicted molar refractivity (Wildman–Crippen MR) is 70.8 cm³/mol. The maximum Gasteiger partial charge on any atom is 0.126 e. The third kappa shape index (κ3) is 4.25. The van der Waals surface area contributed by atoms with Crippen LogP contribution >= 0.6 is 11.8 Å². The first-order chi connectivity index (χ1) is 8.63. The van der Waals surface area contributed by atoms with E-state index in [2.05, 4.69) is 0 Å². The summed E-state index contributed by atoms with van der Waals surface area (Å²) in [6.45, 7) is 0. The van der Waals surface area contributed by atoms with Gasteiger partial charge in [0.1, 0.15) is 11.6 Å². The fourth-order valence-corrected chi connectivity index (χ4v) is 3.64. The van der Waals surface area contributed by atoms with E-state index in [9.17, 15) is 13.9 Å². The van der Waals surface area contributed by atoms with Gasteiger partial charge in [-0.25, -0.2) is 8.78 Å². The predicted octanol–water partition coefficient (Wildman–Crippen LogP) is 3.54. The molecule has 0 bridgehead atoms. The van der Waals surface area contributed by atoms with Gasteiger partial charge in [-0.15, -0.1) is 0 Å². The van der Waals surface area contributed by atoms with Crippen molar-refractivity contribution in [2.75, 3.05) is 5.75 Å². The van der Waals surface area contributed by atoms with Crippen LogP contribution in [0.2, 0.25) is 0 Å². The minimum atomic E-state index is -0.583. The molecule has 4 heteroatoms. The van der Waals surface area contributed by atoms with Gasteiger partial charge in [-0.1, -0.05) is 12.8 Å². The second-order valence-corrected chi connectivity index (χ2v) is 6.21. The highest BCUT2D eigenvalue weighted by molar-refractivity contribution is 7.99. The Morgan fingerprint density at radius 1 is 1.17 bits per heavy atom. The molecule has 1 aliphatic carbocycles. The van der Waals surface area contributed by atoms with E-state index >= 15 is 0 Å². The van der Waals surface area contributed by atoms with Gasteiger partial charge >= 0.3 is 0 Å². The van der Waals surface area contributed by atoms with Crippen molar-refractivity contribution in [3.63, 3.8) is 0 Å². The summed E-state index contributed by atoms with van der Waals surface area (Å²) in [5.41, 5.74) is 0.520. The number of hydrogen-bond donors (Lipinski definition) is 1. The Morgan fingerprint density at radius 3 is 2.39 bits per heavy atom. The lowest BCUT2D eigenvalue weighted by molar-refractivity contribution is 0.200. The van der Waals surface area contributed by atoms with Gasteiger partial charge in [0.2, 0.25) is 0 Å². The summed E-state index contributed by atoms with van der Waals surface area (Å²) in [6.07, 6.45) is 4.80. The lowest BCUT2D eigenvalue weighted by Crippen LogP contribution is -2.15. The second-order valence-electron chi connectivity index (χ2n) is 4.88. The maximum absolute atomic E-state index is 13.0. The zero-order valence-electron chi connectivity index (χ0n) is 10.2. The topological polar surface area (TPSA) is 20.2 Å². The maximum atomic E-state index is 13.0. The molecule has 1 atom stereocenters. The van der Waals surface area contributed by atoms with Crippen LogP contribution in [0.15, 0.2) is 18.2 Å². The standard InChI is InChI=1S/C14H18F2OS/c15-11-5-10(6-12(16)8-11)7-13(17)9-18-14-3-1-2-4-14/h5-6,8,13-14,17H,1-4,7,9H2. The molecule has 100 valence electrons. The number of aliphatic hydroxyl groups is 1. The molecule has 1 nitrogen and oxygen atoms in total. The van der Waals surface area contributed by atoms with E-state index in [1.54, 1.807) is 11.8 Å². The number of thioether (sulfide) groups is 1. The molecule has 0 aliphatic heterocycles. The highest BCUT2D eigenvalue weighted by atomic mass is 32.2. The van der Waals surface area contributed by atoms with E-state index in [1.807, 2.05) is 0 Å². The summed E-state index contributed by atoms with van der Waals surface area (Å²) >= 11 is 1.78. The van der Waals surface area contributed by atoms with Crippen molar-refractivity contribution in [3.05, 3.63) is 35.4 Å². The van der Waals surface area contributed by atoms with Crippen LogP contribution < -0.4 is 0 Å². The average molecular weight is 272 g/mol. The van der Waals surface area contributed by atoms with Crippen LogP contribution in [0.1, 0.15) is 31.2 Å². The van der Waals surface area contributed by atoms with Crippen molar-refractivity contribution in [1.82, 2.24) is 0 Å². The highest BCUT2D eigenvalue weighted by Gasteiger charge is 2.17. The van der Waals surface area contributed by atoms with Gasteiger partial charge in [-0.3, -0.25) is 0 Å². The first-order valence-corrected chi connectivity index (χ1v) is 7.43. The smallest absolute Gasteiger partial charge is 0.126 e. The molecular formula is C14H18F2OS. The summed E-state index contributed by atoms with van der Waals surface area (Å²) < 4.78 is 26.0. The van der Waals surface area contributed by atoms with E-state index in [4.69, 9.17) is 0 Å². The van der Waals surface area contributed by atoms with Crippen molar-refractivity contribution in [1.29, 1.82) is 0 Å². The van der Waals surface area contributed by atoms with Crippen LogP contribution in [0.3, 0.4) is 0 Å². The van der Waals surface area contributed by atoms with Gasteiger partial charge in [0.15, 0.2) is 0 Å². The fraction of sp³-hybridized carbons (Fsp3) is 0.571. The molecule has 18 heavy (non-hydrogen) atoms. The molecule has 0 aromatic heterocycles. The van der Waals surface area contributed by atoms with Crippen molar-refractivity contribution in [3.8, 4) is 0 Å².